The fourth-order valence-corrected chi connectivity index (χ4v) is 4.41. The van der Waals surface area contributed by atoms with Gasteiger partial charge in [-0.15, -0.1) is 0 Å². The van der Waals surface area contributed by atoms with Crippen molar-refractivity contribution in [1.82, 2.24) is 9.88 Å². The molecule has 2 aromatic rings. The molecule has 0 spiro atoms. The molecule has 26 heavy (non-hydrogen) atoms. The lowest BCUT2D eigenvalue weighted by Gasteiger charge is -2.45. The van der Waals surface area contributed by atoms with Gasteiger partial charge in [-0.25, -0.2) is 4.39 Å². The number of halogens is 1. The Bertz CT molecular complexity index is 701. The van der Waals surface area contributed by atoms with E-state index in [0.29, 0.717) is 18.1 Å². The molecule has 0 atom stereocenters. The van der Waals surface area contributed by atoms with Crippen LogP contribution in [0.15, 0.2) is 24.4 Å². The Morgan fingerprint density at radius 2 is 2.04 bits per heavy atom. The highest BCUT2D eigenvalue weighted by Gasteiger charge is 2.36. The van der Waals surface area contributed by atoms with Crippen molar-refractivity contribution in [1.29, 1.82) is 0 Å². The minimum Gasteiger partial charge on any atom is -0.376 e. The Morgan fingerprint density at radius 3 is 2.73 bits per heavy atom. The molecule has 0 bridgehead atoms. The maximum absolute atomic E-state index is 13.5. The van der Waals surface area contributed by atoms with Crippen LogP contribution in [0, 0.1) is 11.7 Å². The van der Waals surface area contributed by atoms with E-state index < -0.39 is 0 Å². The highest BCUT2D eigenvalue weighted by Crippen LogP contribution is 2.39. The third kappa shape index (κ3) is 4.29. The van der Waals surface area contributed by atoms with Crippen LogP contribution in [0.3, 0.4) is 0 Å². The van der Waals surface area contributed by atoms with Crippen molar-refractivity contribution in [2.75, 3.05) is 20.7 Å². The predicted octanol–water partition coefficient (Wildman–Crippen LogP) is 5.50. The summed E-state index contributed by atoms with van der Waals surface area (Å²) in [7, 11) is 4.48. The number of rotatable bonds is 8. The second-order valence-electron chi connectivity index (χ2n) is 8.18. The highest BCUT2D eigenvalue weighted by atomic mass is 19.1. The predicted molar refractivity (Wildman–Crippen MR) is 106 cm³/mol. The van der Waals surface area contributed by atoms with Crippen molar-refractivity contribution in [3.63, 3.8) is 0 Å². The van der Waals surface area contributed by atoms with Crippen molar-refractivity contribution in [3.05, 3.63) is 35.8 Å². The van der Waals surface area contributed by atoms with Crippen LogP contribution in [0.2, 0.25) is 0 Å². The van der Waals surface area contributed by atoms with E-state index in [0.717, 1.165) is 23.1 Å². The van der Waals surface area contributed by atoms with Crippen LogP contribution in [-0.4, -0.2) is 36.1 Å². The summed E-state index contributed by atoms with van der Waals surface area (Å²) in [4.78, 5) is 5.65. The average Bonchev–Trinajstić information content (AvgIpc) is 3.03. The molecule has 1 fully saturated rings. The summed E-state index contributed by atoms with van der Waals surface area (Å²) in [5.74, 6) is 0.448. The molecule has 1 aliphatic carbocycles. The quantitative estimate of drug-likeness (QED) is 0.673. The molecule has 3 rings (SSSR count). The molecule has 0 unspecified atom stereocenters. The van der Waals surface area contributed by atoms with Gasteiger partial charge in [0.15, 0.2) is 0 Å². The summed E-state index contributed by atoms with van der Waals surface area (Å²) in [5, 5.41) is 0.930. The minimum atomic E-state index is -0.197. The van der Waals surface area contributed by atoms with E-state index in [1.54, 1.807) is 12.1 Å². The topological polar surface area (TPSA) is 28.3 Å². The number of aromatic amines is 1. The molecule has 0 amide bonds. The number of nitrogens with zero attached hydrogens (tertiary/aromatic N) is 1. The van der Waals surface area contributed by atoms with Gasteiger partial charge in [-0.3, -0.25) is 0 Å². The fraction of sp³-hybridized carbons (Fsp3) is 0.636. The van der Waals surface area contributed by atoms with Crippen molar-refractivity contribution >= 4 is 10.9 Å². The third-order valence-corrected chi connectivity index (χ3v) is 6.32. The maximum Gasteiger partial charge on any atom is 0.123 e. The Morgan fingerprint density at radius 1 is 1.27 bits per heavy atom. The maximum atomic E-state index is 13.5. The van der Waals surface area contributed by atoms with Gasteiger partial charge < -0.3 is 14.6 Å². The van der Waals surface area contributed by atoms with Crippen molar-refractivity contribution < 1.29 is 9.13 Å². The molecule has 1 aromatic carbocycles. The lowest BCUT2D eigenvalue weighted by Crippen LogP contribution is -2.47. The van der Waals surface area contributed by atoms with E-state index in [-0.39, 0.29) is 5.82 Å². The summed E-state index contributed by atoms with van der Waals surface area (Å²) in [6.45, 7) is 3.63. The van der Waals surface area contributed by atoms with Gasteiger partial charge in [-0.05, 0) is 70.3 Å². The highest BCUT2D eigenvalue weighted by molar-refractivity contribution is 5.83. The number of hydrogen-bond acceptors (Lipinski definition) is 2. The minimum absolute atomic E-state index is 0.197. The summed E-state index contributed by atoms with van der Waals surface area (Å²) < 4.78 is 19.5. The first-order valence-electron chi connectivity index (χ1n) is 10.0. The lowest BCUT2D eigenvalue weighted by atomic mass is 9.73. The first-order chi connectivity index (χ1) is 12.5. The smallest absolute Gasteiger partial charge is 0.123 e. The van der Waals surface area contributed by atoms with Gasteiger partial charge in [-0.1, -0.05) is 19.8 Å². The molecule has 1 saturated carbocycles. The zero-order valence-corrected chi connectivity index (χ0v) is 16.5. The largest absolute Gasteiger partial charge is 0.376 e. The summed E-state index contributed by atoms with van der Waals surface area (Å²) in [6, 6.07) is 4.86. The molecule has 0 aliphatic heterocycles. The monoisotopic (exact) mass is 360 g/mol. The third-order valence-electron chi connectivity index (χ3n) is 6.32. The molecular weight excluding hydrogens is 327 g/mol. The van der Waals surface area contributed by atoms with E-state index in [9.17, 15) is 4.39 Å². The van der Waals surface area contributed by atoms with Gasteiger partial charge in [0, 0.05) is 34.8 Å². The van der Waals surface area contributed by atoms with Gasteiger partial charge in [-0.2, -0.15) is 0 Å². The Hall–Kier alpha value is -1.39. The van der Waals surface area contributed by atoms with E-state index in [2.05, 4.69) is 30.9 Å². The molecule has 0 saturated heterocycles. The molecule has 3 nitrogen and oxygen atoms in total. The number of ether oxygens (including phenoxy) is 1. The van der Waals surface area contributed by atoms with Gasteiger partial charge in [0.05, 0.1) is 6.61 Å². The Kier molecular flexibility index (Phi) is 6.36. The van der Waals surface area contributed by atoms with Crippen LogP contribution in [0.5, 0.6) is 0 Å². The van der Waals surface area contributed by atoms with E-state index in [1.807, 2.05) is 6.20 Å². The zero-order chi connectivity index (χ0) is 18.6. The number of aromatic nitrogens is 1. The van der Waals surface area contributed by atoms with Gasteiger partial charge >= 0.3 is 0 Å². The Balaban J connectivity index is 1.49. The van der Waals surface area contributed by atoms with Gasteiger partial charge in [0.2, 0.25) is 0 Å². The normalized spacial score (nSPS) is 23.8. The summed E-state index contributed by atoms with van der Waals surface area (Å²) in [5.41, 5.74) is 2.40. The lowest BCUT2D eigenvalue weighted by molar-refractivity contribution is 0.0258. The number of hydrogen-bond donors (Lipinski definition) is 1. The summed E-state index contributed by atoms with van der Waals surface area (Å²) in [6.07, 6.45) is 10.9. The number of H-pyrrole nitrogens is 1. The first kappa shape index (κ1) is 19.4. The van der Waals surface area contributed by atoms with Crippen molar-refractivity contribution in [3.8, 4) is 0 Å². The molecule has 1 heterocycles. The van der Waals surface area contributed by atoms with Crippen LogP contribution in [0.4, 0.5) is 4.39 Å². The standard InChI is InChI=1S/C22H33FN2O/c1-4-5-10-22(25(2)3)11-8-17(9-12-22)15-26-16-18-14-24-21-7-6-19(23)13-20(18)21/h6-7,13-14,17,24H,4-5,8-12,15-16H2,1-3H3. The SMILES string of the molecule is CCCCC1(N(C)C)CCC(COCc2c[nH]c3ccc(F)cc23)CC1. The fourth-order valence-electron chi connectivity index (χ4n) is 4.41. The van der Waals surface area contributed by atoms with E-state index in [1.165, 1.54) is 51.0 Å². The molecule has 1 aromatic heterocycles. The molecule has 1 aliphatic rings. The van der Waals surface area contributed by atoms with Gasteiger partial charge in [0.1, 0.15) is 5.82 Å². The second-order valence-corrected chi connectivity index (χ2v) is 8.18. The number of nitrogens with one attached hydrogen (secondary N) is 1. The van der Waals surface area contributed by atoms with Crippen LogP contribution in [0.1, 0.15) is 57.4 Å². The van der Waals surface area contributed by atoms with Crippen LogP contribution in [0.25, 0.3) is 10.9 Å². The van der Waals surface area contributed by atoms with Crippen LogP contribution >= 0.6 is 0 Å². The number of fused-ring (bicyclic) bond motifs is 1. The van der Waals surface area contributed by atoms with E-state index >= 15 is 0 Å². The number of unbranched alkanes of at least 4 members (excludes halogenated alkanes) is 1. The van der Waals surface area contributed by atoms with Gasteiger partial charge in [0.25, 0.3) is 0 Å². The molecule has 144 valence electrons. The first-order valence-corrected chi connectivity index (χ1v) is 10.0. The Labute approximate surface area is 156 Å². The number of benzene rings is 1. The average molecular weight is 361 g/mol. The molecule has 4 heteroatoms. The molecule has 0 radical (unpaired) electrons. The second kappa shape index (κ2) is 8.53. The molecule has 1 N–H and O–H groups in total. The zero-order valence-electron chi connectivity index (χ0n) is 16.5. The van der Waals surface area contributed by atoms with E-state index in [4.69, 9.17) is 4.74 Å². The van der Waals surface area contributed by atoms with Crippen LogP contribution in [-0.2, 0) is 11.3 Å². The van der Waals surface area contributed by atoms with Crippen molar-refractivity contribution in [2.45, 2.75) is 64.0 Å². The van der Waals surface area contributed by atoms with Crippen molar-refractivity contribution in [2.24, 2.45) is 5.92 Å². The molecular formula is C22H33FN2O. The summed E-state index contributed by atoms with van der Waals surface area (Å²) >= 11 is 0. The van der Waals surface area contributed by atoms with Crippen LogP contribution < -0.4 is 0 Å².